The van der Waals surface area contributed by atoms with E-state index in [1.807, 2.05) is 13.0 Å². The lowest BCUT2D eigenvalue weighted by Crippen LogP contribution is -2.28. The van der Waals surface area contributed by atoms with Crippen LogP contribution in [0.5, 0.6) is 17.4 Å². The number of hydrogen-bond donors (Lipinski definition) is 1. The molecule has 2 aromatic heterocycles. The molecular weight excluding hydrogens is 456 g/mol. The van der Waals surface area contributed by atoms with Crippen molar-refractivity contribution in [3.05, 3.63) is 58.7 Å². The number of amides is 1. The molecule has 1 aromatic carbocycles. The third kappa shape index (κ3) is 3.72. The van der Waals surface area contributed by atoms with Gasteiger partial charge in [-0.05, 0) is 55.2 Å². The van der Waals surface area contributed by atoms with Gasteiger partial charge in [0.15, 0.2) is 11.5 Å². The zero-order chi connectivity index (χ0) is 23.4. The summed E-state index contributed by atoms with van der Waals surface area (Å²) in [6.45, 7) is 1.88. The van der Waals surface area contributed by atoms with E-state index in [4.69, 9.17) is 16.3 Å². The van der Waals surface area contributed by atoms with Crippen LogP contribution >= 0.6 is 11.6 Å². The molecule has 1 amide bonds. The first-order valence-electron chi connectivity index (χ1n) is 10.1. The number of carbonyl (C=O) groups excluding carboxylic acids is 1. The third-order valence-corrected chi connectivity index (χ3v) is 6.15. The SMILES string of the molecule is COc1nccc(-c2nc(NC(=O)C3(c4ccc5c(c4)OC(F)(F)O5)CC3)ccc2C)c1Cl. The second-order valence-electron chi connectivity index (χ2n) is 7.91. The Kier molecular flexibility index (Phi) is 4.89. The number of rotatable bonds is 5. The van der Waals surface area contributed by atoms with Gasteiger partial charge in [-0.3, -0.25) is 4.79 Å². The zero-order valence-corrected chi connectivity index (χ0v) is 18.4. The van der Waals surface area contributed by atoms with Gasteiger partial charge in [0.05, 0.1) is 18.2 Å². The number of benzene rings is 1. The molecule has 1 aliphatic heterocycles. The minimum Gasteiger partial charge on any atom is -0.480 e. The summed E-state index contributed by atoms with van der Waals surface area (Å²) in [5.74, 6) is 0.179. The molecule has 0 saturated heterocycles. The van der Waals surface area contributed by atoms with E-state index < -0.39 is 11.7 Å². The van der Waals surface area contributed by atoms with E-state index in [-0.39, 0.29) is 23.3 Å². The molecular formula is C23H18ClF2N3O4. The van der Waals surface area contributed by atoms with Gasteiger partial charge in [-0.25, -0.2) is 9.97 Å². The highest BCUT2D eigenvalue weighted by molar-refractivity contribution is 6.34. The van der Waals surface area contributed by atoms with Gasteiger partial charge in [0.2, 0.25) is 11.8 Å². The first-order chi connectivity index (χ1) is 15.7. The maximum Gasteiger partial charge on any atom is 0.586 e. The maximum absolute atomic E-state index is 13.4. The number of alkyl halides is 2. The molecule has 1 aliphatic carbocycles. The molecule has 1 N–H and O–H groups in total. The molecule has 1 fully saturated rings. The lowest BCUT2D eigenvalue weighted by Gasteiger charge is -2.17. The fourth-order valence-electron chi connectivity index (χ4n) is 3.88. The summed E-state index contributed by atoms with van der Waals surface area (Å²) in [5.41, 5.74) is 1.78. The average molecular weight is 474 g/mol. The Hall–Kier alpha value is -3.46. The van der Waals surface area contributed by atoms with Crippen molar-refractivity contribution in [1.82, 2.24) is 9.97 Å². The molecule has 0 unspecified atom stereocenters. The summed E-state index contributed by atoms with van der Waals surface area (Å²) in [6, 6.07) is 9.66. The first-order valence-corrected chi connectivity index (χ1v) is 10.5. The topological polar surface area (TPSA) is 82.6 Å². The van der Waals surface area contributed by atoms with Crippen molar-refractivity contribution in [2.45, 2.75) is 31.5 Å². The molecule has 3 aromatic rings. The molecule has 3 heterocycles. The third-order valence-electron chi connectivity index (χ3n) is 5.78. The Balaban J connectivity index is 1.42. The van der Waals surface area contributed by atoms with Crippen LogP contribution in [0.1, 0.15) is 24.0 Å². The van der Waals surface area contributed by atoms with Crippen LogP contribution in [0.15, 0.2) is 42.6 Å². The molecule has 5 rings (SSSR count). The molecule has 0 bridgehead atoms. The van der Waals surface area contributed by atoms with Crippen molar-refractivity contribution in [3.63, 3.8) is 0 Å². The van der Waals surface area contributed by atoms with E-state index >= 15 is 0 Å². The lowest BCUT2D eigenvalue weighted by atomic mass is 9.94. The summed E-state index contributed by atoms with van der Waals surface area (Å²) in [4.78, 5) is 21.9. The molecule has 0 radical (unpaired) electrons. The molecule has 33 heavy (non-hydrogen) atoms. The van der Waals surface area contributed by atoms with Crippen LogP contribution in [-0.4, -0.2) is 29.3 Å². The van der Waals surface area contributed by atoms with Gasteiger partial charge >= 0.3 is 6.29 Å². The normalized spacial score (nSPS) is 16.9. The highest BCUT2D eigenvalue weighted by Crippen LogP contribution is 2.52. The molecule has 10 heteroatoms. The van der Waals surface area contributed by atoms with Crippen molar-refractivity contribution in [2.75, 3.05) is 12.4 Å². The lowest BCUT2D eigenvalue weighted by molar-refractivity contribution is -0.286. The standard InChI is InChI=1S/C23H18ClF2N3O4/c1-12-3-6-17(28-19(12)14-7-10-27-20(31-2)18(14)24)29-21(30)22(8-9-22)13-4-5-15-16(11-13)33-23(25,26)32-15/h3-7,10-11H,8-9H2,1-2H3,(H,28,29,30). The number of ether oxygens (including phenoxy) is 3. The summed E-state index contributed by atoms with van der Waals surface area (Å²) in [5, 5.41) is 3.17. The van der Waals surface area contributed by atoms with E-state index in [1.54, 1.807) is 24.4 Å². The number of methoxy groups -OCH3 is 1. The fourth-order valence-corrected chi connectivity index (χ4v) is 4.15. The van der Waals surface area contributed by atoms with Crippen LogP contribution in [0.3, 0.4) is 0 Å². The highest BCUT2D eigenvalue weighted by atomic mass is 35.5. The van der Waals surface area contributed by atoms with E-state index in [0.29, 0.717) is 40.5 Å². The predicted molar refractivity (Wildman–Crippen MR) is 116 cm³/mol. The van der Waals surface area contributed by atoms with E-state index in [2.05, 4.69) is 24.8 Å². The number of aryl methyl sites for hydroxylation is 1. The van der Waals surface area contributed by atoms with Crippen LogP contribution in [0, 0.1) is 6.92 Å². The minimum absolute atomic E-state index is 0.0607. The Labute approximate surface area is 192 Å². The van der Waals surface area contributed by atoms with Gasteiger partial charge in [-0.1, -0.05) is 23.7 Å². The maximum atomic E-state index is 13.4. The molecule has 170 valence electrons. The van der Waals surface area contributed by atoms with Crippen molar-refractivity contribution in [1.29, 1.82) is 0 Å². The zero-order valence-electron chi connectivity index (χ0n) is 17.6. The summed E-state index contributed by atoms with van der Waals surface area (Å²) in [7, 11) is 1.47. The number of halogens is 3. The van der Waals surface area contributed by atoms with Crippen LogP contribution < -0.4 is 19.5 Å². The summed E-state index contributed by atoms with van der Waals surface area (Å²) >= 11 is 6.41. The van der Waals surface area contributed by atoms with Crippen molar-refractivity contribution >= 4 is 23.3 Å². The van der Waals surface area contributed by atoms with Crippen molar-refractivity contribution in [2.24, 2.45) is 0 Å². The van der Waals surface area contributed by atoms with Gasteiger partial charge in [0, 0.05) is 11.8 Å². The van der Waals surface area contributed by atoms with E-state index in [1.165, 1.54) is 19.2 Å². The van der Waals surface area contributed by atoms with Gasteiger partial charge in [0.1, 0.15) is 10.8 Å². The highest BCUT2D eigenvalue weighted by Gasteiger charge is 2.53. The monoisotopic (exact) mass is 473 g/mol. The van der Waals surface area contributed by atoms with Crippen LogP contribution in [0.4, 0.5) is 14.6 Å². The number of nitrogens with one attached hydrogen (secondary N) is 1. The first kappa shape index (κ1) is 21.4. The smallest absolute Gasteiger partial charge is 0.480 e. The Bertz CT molecular complexity index is 1280. The number of pyridine rings is 2. The average Bonchev–Trinajstić information content (AvgIpc) is 3.52. The summed E-state index contributed by atoms with van der Waals surface area (Å²) in [6.07, 6.45) is -1.00. The number of hydrogen-bond acceptors (Lipinski definition) is 6. The largest absolute Gasteiger partial charge is 0.586 e. The molecule has 7 nitrogen and oxygen atoms in total. The number of nitrogens with zero attached hydrogens (tertiary/aromatic N) is 2. The second kappa shape index (κ2) is 7.55. The number of carbonyl (C=O) groups is 1. The van der Waals surface area contributed by atoms with E-state index in [0.717, 1.165) is 5.56 Å². The Morgan fingerprint density at radius 1 is 1.15 bits per heavy atom. The van der Waals surface area contributed by atoms with Crippen LogP contribution in [0.2, 0.25) is 5.02 Å². The predicted octanol–water partition coefficient (Wildman–Crippen LogP) is 5.11. The number of aromatic nitrogens is 2. The molecule has 1 saturated carbocycles. The van der Waals surface area contributed by atoms with Crippen LogP contribution in [0.25, 0.3) is 11.3 Å². The fraction of sp³-hybridized carbons (Fsp3) is 0.261. The molecule has 2 aliphatic rings. The van der Waals surface area contributed by atoms with Crippen molar-refractivity contribution in [3.8, 4) is 28.6 Å². The van der Waals surface area contributed by atoms with Crippen LogP contribution in [-0.2, 0) is 10.2 Å². The van der Waals surface area contributed by atoms with Crippen molar-refractivity contribution < 1.29 is 27.8 Å². The molecule has 0 atom stereocenters. The van der Waals surface area contributed by atoms with Gasteiger partial charge in [-0.2, -0.15) is 0 Å². The minimum atomic E-state index is -3.71. The Morgan fingerprint density at radius 3 is 2.64 bits per heavy atom. The van der Waals surface area contributed by atoms with Gasteiger partial charge < -0.3 is 19.5 Å². The summed E-state index contributed by atoms with van der Waals surface area (Å²) < 4.78 is 40.9. The second-order valence-corrected chi connectivity index (χ2v) is 8.29. The molecule has 0 spiro atoms. The van der Waals surface area contributed by atoms with Gasteiger partial charge in [-0.15, -0.1) is 8.78 Å². The number of anilines is 1. The van der Waals surface area contributed by atoms with E-state index in [9.17, 15) is 13.6 Å². The number of fused-ring (bicyclic) bond motifs is 1. The Morgan fingerprint density at radius 2 is 1.91 bits per heavy atom. The van der Waals surface area contributed by atoms with Gasteiger partial charge in [0.25, 0.3) is 0 Å². The quantitative estimate of drug-likeness (QED) is 0.554.